The molecule has 0 aromatic heterocycles. The number of halogens is 1. The molecule has 1 N–H and O–H groups in total. The summed E-state index contributed by atoms with van der Waals surface area (Å²) in [4.78, 5) is 17.6. The van der Waals surface area contributed by atoms with Crippen LogP contribution in [0.5, 0.6) is 0 Å². The van der Waals surface area contributed by atoms with Gasteiger partial charge in [-0.2, -0.15) is 0 Å². The van der Waals surface area contributed by atoms with Crippen LogP contribution in [0.3, 0.4) is 0 Å². The van der Waals surface area contributed by atoms with Gasteiger partial charge >= 0.3 is 0 Å². The highest BCUT2D eigenvalue weighted by atomic mass is 35.5. The number of amides is 1. The molecule has 1 amide bonds. The minimum absolute atomic E-state index is 0.135. The van der Waals surface area contributed by atoms with Crippen molar-refractivity contribution in [1.29, 1.82) is 0 Å². The van der Waals surface area contributed by atoms with Crippen LogP contribution in [0.4, 0.5) is 5.69 Å². The van der Waals surface area contributed by atoms with E-state index in [1.54, 1.807) is 49.4 Å². The van der Waals surface area contributed by atoms with E-state index in [0.29, 0.717) is 17.3 Å². The molecule has 9 heteroatoms. The van der Waals surface area contributed by atoms with Crippen LogP contribution in [0.1, 0.15) is 17.5 Å². The van der Waals surface area contributed by atoms with Gasteiger partial charge < -0.3 is 15.1 Å². The van der Waals surface area contributed by atoms with Gasteiger partial charge in [-0.1, -0.05) is 35.4 Å². The number of rotatable bonds is 9. The zero-order valence-corrected chi connectivity index (χ0v) is 21.1. The van der Waals surface area contributed by atoms with Gasteiger partial charge in [-0.3, -0.25) is 9.10 Å². The normalized spacial score (nSPS) is 15.4. The highest BCUT2D eigenvalue weighted by molar-refractivity contribution is 7.92. The summed E-state index contributed by atoms with van der Waals surface area (Å²) < 4.78 is 28.1. The summed E-state index contributed by atoms with van der Waals surface area (Å²) in [5.41, 5.74) is 2.08. The number of hydrogen-bond donors (Lipinski definition) is 1. The average Bonchev–Trinajstić information content (AvgIpc) is 2.78. The number of carbonyl (C=O) groups is 1. The molecular weight excluding hydrogens is 460 g/mol. The van der Waals surface area contributed by atoms with Crippen molar-refractivity contribution in [1.82, 2.24) is 15.1 Å². The molecule has 1 saturated heterocycles. The molecule has 33 heavy (non-hydrogen) atoms. The van der Waals surface area contributed by atoms with Crippen LogP contribution in [0, 0.1) is 13.8 Å². The first-order chi connectivity index (χ1) is 15.7. The molecule has 1 fully saturated rings. The minimum Gasteiger partial charge on any atom is -0.354 e. The number of piperazine rings is 1. The molecule has 0 aliphatic carbocycles. The van der Waals surface area contributed by atoms with Gasteiger partial charge in [-0.15, -0.1) is 0 Å². The Morgan fingerprint density at radius 2 is 1.73 bits per heavy atom. The van der Waals surface area contributed by atoms with Gasteiger partial charge in [-0.05, 0) is 63.7 Å². The van der Waals surface area contributed by atoms with Gasteiger partial charge in [0.1, 0.15) is 6.54 Å². The lowest BCUT2D eigenvalue weighted by molar-refractivity contribution is -0.119. The van der Waals surface area contributed by atoms with Crippen LogP contribution in [0.15, 0.2) is 47.4 Å². The van der Waals surface area contributed by atoms with Crippen LogP contribution in [-0.4, -0.2) is 77.0 Å². The van der Waals surface area contributed by atoms with E-state index in [1.165, 1.54) is 0 Å². The monoisotopic (exact) mass is 492 g/mol. The Balaban J connectivity index is 1.70. The maximum Gasteiger partial charge on any atom is 0.264 e. The highest BCUT2D eigenvalue weighted by Crippen LogP contribution is 2.29. The number of hydrogen-bond acceptors (Lipinski definition) is 5. The van der Waals surface area contributed by atoms with Crippen molar-refractivity contribution in [3.8, 4) is 0 Å². The summed E-state index contributed by atoms with van der Waals surface area (Å²) in [5.74, 6) is -0.344. The Hall–Kier alpha value is -2.13. The molecule has 2 aromatic carbocycles. The lowest BCUT2D eigenvalue weighted by Crippen LogP contribution is -2.45. The van der Waals surface area contributed by atoms with Crippen LogP contribution in [-0.2, 0) is 14.8 Å². The maximum absolute atomic E-state index is 13.5. The maximum atomic E-state index is 13.5. The second-order valence-corrected chi connectivity index (χ2v) is 10.9. The smallest absolute Gasteiger partial charge is 0.264 e. The number of nitrogens with zero attached hydrogens (tertiary/aromatic N) is 3. The Morgan fingerprint density at radius 1 is 1.06 bits per heavy atom. The van der Waals surface area contributed by atoms with E-state index >= 15 is 0 Å². The van der Waals surface area contributed by atoms with E-state index in [-0.39, 0.29) is 17.3 Å². The van der Waals surface area contributed by atoms with Crippen LogP contribution in [0.25, 0.3) is 0 Å². The third-order valence-corrected chi connectivity index (χ3v) is 7.91. The molecule has 2 aromatic rings. The van der Waals surface area contributed by atoms with Crippen LogP contribution >= 0.6 is 11.6 Å². The summed E-state index contributed by atoms with van der Waals surface area (Å²) in [6.45, 7) is 8.95. The number of aryl methyl sites for hydroxylation is 2. The summed E-state index contributed by atoms with van der Waals surface area (Å²) >= 11 is 6.17. The molecule has 0 radical (unpaired) electrons. The van der Waals surface area contributed by atoms with E-state index in [4.69, 9.17) is 11.6 Å². The fourth-order valence-electron chi connectivity index (χ4n) is 3.78. The molecule has 7 nitrogen and oxygen atoms in total. The van der Waals surface area contributed by atoms with Gasteiger partial charge in [0.25, 0.3) is 10.0 Å². The number of benzene rings is 2. The first-order valence-electron chi connectivity index (χ1n) is 11.2. The predicted octanol–water partition coefficient (Wildman–Crippen LogP) is 2.91. The van der Waals surface area contributed by atoms with E-state index in [0.717, 1.165) is 54.6 Å². The average molecular weight is 493 g/mol. The fraction of sp³-hybridized carbons (Fsp3) is 0.458. The number of carbonyl (C=O) groups excluding carboxylic acids is 1. The fourth-order valence-corrected chi connectivity index (χ4v) is 5.42. The Kier molecular flexibility index (Phi) is 8.75. The van der Waals surface area contributed by atoms with Gasteiger partial charge in [-0.25, -0.2) is 8.42 Å². The third kappa shape index (κ3) is 6.93. The molecule has 1 aliphatic heterocycles. The molecule has 0 bridgehead atoms. The lowest BCUT2D eigenvalue weighted by atomic mass is 10.2. The van der Waals surface area contributed by atoms with Crippen molar-refractivity contribution < 1.29 is 13.2 Å². The molecule has 1 aliphatic rings. The Labute approximate surface area is 202 Å². The van der Waals surface area contributed by atoms with Crippen molar-refractivity contribution in [2.24, 2.45) is 0 Å². The summed E-state index contributed by atoms with van der Waals surface area (Å²) in [7, 11) is -1.84. The molecule has 3 rings (SSSR count). The quantitative estimate of drug-likeness (QED) is 0.545. The molecule has 0 atom stereocenters. The predicted molar refractivity (Wildman–Crippen MR) is 133 cm³/mol. The van der Waals surface area contributed by atoms with Crippen molar-refractivity contribution in [2.45, 2.75) is 25.2 Å². The number of nitrogens with one attached hydrogen (secondary N) is 1. The highest BCUT2D eigenvalue weighted by Gasteiger charge is 2.28. The SMILES string of the molecule is Cc1ccc(S(=O)(=O)N(CC(=O)NCCCN2CCN(C)CC2)c2cc(Cl)ccc2C)cc1. The third-order valence-electron chi connectivity index (χ3n) is 5.91. The van der Waals surface area contributed by atoms with Crippen molar-refractivity contribution >= 4 is 33.2 Å². The molecule has 180 valence electrons. The second-order valence-electron chi connectivity index (χ2n) is 8.60. The first kappa shape index (κ1) is 25.5. The minimum atomic E-state index is -3.96. The zero-order valence-electron chi connectivity index (χ0n) is 19.6. The number of likely N-dealkylation sites (N-methyl/N-ethyl adjacent to an activating group) is 1. The van der Waals surface area contributed by atoms with E-state index in [9.17, 15) is 13.2 Å². The van der Waals surface area contributed by atoms with Crippen molar-refractivity contribution in [3.63, 3.8) is 0 Å². The second kappa shape index (κ2) is 11.3. The molecule has 0 unspecified atom stereocenters. The Bertz CT molecular complexity index is 1050. The lowest BCUT2D eigenvalue weighted by Gasteiger charge is -2.32. The first-order valence-corrected chi connectivity index (χ1v) is 13.0. The zero-order chi connectivity index (χ0) is 24.0. The van der Waals surface area contributed by atoms with E-state index in [2.05, 4.69) is 22.2 Å². The largest absolute Gasteiger partial charge is 0.354 e. The van der Waals surface area contributed by atoms with Crippen LogP contribution < -0.4 is 9.62 Å². The van der Waals surface area contributed by atoms with Gasteiger partial charge in [0, 0.05) is 37.7 Å². The summed E-state index contributed by atoms with van der Waals surface area (Å²) in [6.07, 6.45) is 0.816. The van der Waals surface area contributed by atoms with Gasteiger partial charge in [0.05, 0.1) is 10.6 Å². The van der Waals surface area contributed by atoms with Gasteiger partial charge in [0.2, 0.25) is 5.91 Å². The molecule has 1 heterocycles. The molecular formula is C24H33ClN4O3S. The molecule has 0 spiro atoms. The topological polar surface area (TPSA) is 73.0 Å². The standard InChI is InChI=1S/C24H33ClN4O3S/c1-19-5-9-22(10-6-19)33(31,32)29(23-17-21(25)8-7-20(23)2)18-24(30)26-11-4-12-28-15-13-27(3)14-16-28/h5-10,17H,4,11-16,18H2,1-3H3,(H,26,30). The summed E-state index contributed by atoms with van der Waals surface area (Å²) in [5, 5.41) is 3.29. The van der Waals surface area contributed by atoms with E-state index < -0.39 is 10.0 Å². The van der Waals surface area contributed by atoms with Crippen LogP contribution in [0.2, 0.25) is 5.02 Å². The molecule has 0 saturated carbocycles. The van der Waals surface area contributed by atoms with Gasteiger partial charge in [0.15, 0.2) is 0 Å². The number of sulfonamides is 1. The number of anilines is 1. The van der Waals surface area contributed by atoms with E-state index in [1.807, 2.05) is 6.92 Å². The van der Waals surface area contributed by atoms with Crippen molar-refractivity contribution in [2.75, 3.05) is 57.2 Å². The summed E-state index contributed by atoms with van der Waals surface area (Å²) in [6, 6.07) is 11.7. The van der Waals surface area contributed by atoms with Crippen molar-refractivity contribution in [3.05, 3.63) is 58.6 Å². The Morgan fingerprint density at radius 3 is 2.39 bits per heavy atom.